The largest absolute Gasteiger partial charge is 0.486 e. The molecule has 2 heterocycles. The summed E-state index contributed by atoms with van der Waals surface area (Å²) in [5.41, 5.74) is 2.18. The fraction of sp³-hybridized carbons (Fsp3) is 0.200. The lowest BCUT2D eigenvalue weighted by Crippen LogP contribution is -2.15. The molecule has 1 aliphatic heterocycles. The van der Waals surface area contributed by atoms with Crippen LogP contribution in [0, 0.1) is 12.7 Å². The minimum atomic E-state index is -0.366. The Hall–Kier alpha value is -3.35. The number of aryl methyl sites for hydroxylation is 1. The van der Waals surface area contributed by atoms with E-state index in [1.54, 1.807) is 25.1 Å². The maximum Gasteiger partial charge on any atom is 0.230 e. The summed E-state index contributed by atoms with van der Waals surface area (Å²) in [4.78, 5) is 12.2. The third-order valence-corrected chi connectivity index (χ3v) is 4.18. The molecule has 1 N–H and O–H groups in total. The van der Waals surface area contributed by atoms with E-state index >= 15 is 0 Å². The third-order valence-electron chi connectivity index (χ3n) is 4.18. The summed E-state index contributed by atoms with van der Waals surface area (Å²) >= 11 is 0. The number of carbonyl (C=O) groups excluding carboxylic acids is 1. The first-order chi connectivity index (χ1) is 13.1. The fourth-order valence-electron chi connectivity index (χ4n) is 2.77. The van der Waals surface area contributed by atoms with E-state index in [2.05, 4.69) is 10.5 Å². The molecule has 1 aliphatic rings. The summed E-state index contributed by atoms with van der Waals surface area (Å²) < 4.78 is 30.0. The average Bonchev–Trinajstić information content (AvgIpc) is 3.12. The highest BCUT2D eigenvalue weighted by Crippen LogP contribution is 2.34. The maximum absolute atomic E-state index is 13.6. The van der Waals surface area contributed by atoms with Crippen molar-refractivity contribution in [2.45, 2.75) is 13.3 Å². The lowest BCUT2D eigenvalue weighted by Gasteiger charge is -2.18. The predicted molar refractivity (Wildman–Crippen MR) is 96.4 cm³/mol. The van der Waals surface area contributed by atoms with Gasteiger partial charge in [0.2, 0.25) is 5.91 Å². The van der Waals surface area contributed by atoms with Crippen LogP contribution in [0.3, 0.4) is 0 Å². The van der Waals surface area contributed by atoms with Gasteiger partial charge < -0.3 is 19.3 Å². The zero-order valence-corrected chi connectivity index (χ0v) is 14.6. The lowest BCUT2D eigenvalue weighted by atomic mass is 10.1. The fourth-order valence-corrected chi connectivity index (χ4v) is 2.77. The van der Waals surface area contributed by atoms with Crippen molar-refractivity contribution in [3.05, 3.63) is 59.5 Å². The molecule has 0 atom stereocenters. The van der Waals surface area contributed by atoms with Gasteiger partial charge in [0.05, 0.1) is 12.1 Å². The summed E-state index contributed by atoms with van der Waals surface area (Å²) in [6.45, 7) is 2.69. The SMILES string of the molecule is Cc1ccc(NC(=O)Cc2cc(-c3ccc4c(c3)OCCO4)on2)cc1F. The van der Waals surface area contributed by atoms with Gasteiger partial charge in [-0.3, -0.25) is 4.79 Å². The Bertz CT molecular complexity index is 999. The number of nitrogens with zero attached hydrogens (tertiary/aromatic N) is 1. The molecule has 0 spiro atoms. The lowest BCUT2D eigenvalue weighted by molar-refractivity contribution is -0.115. The van der Waals surface area contributed by atoms with E-state index in [1.807, 2.05) is 18.2 Å². The first-order valence-corrected chi connectivity index (χ1v) is 8.50. The molecule has 6 nitrogen and oxygen atoms in total. The van der Waals surface area contributed by atoms with E-state index in [1.165, 1.54) is 6.07 Å². The standard InChI is InChI=1S/C20H17FN2O4/c1-12-2-4-14(9-16(12)21)22-20(24)11-15-10-18(27-23-15)13-3-5-17-19(8-13)26-7-6-25-17/h2-5,8-10H,6-7,11H2,1H3,(H,22,24). The first kappa shape index (κ1) is 17.1. The normalized spacial score (nSPS) is 12.7. The quantitative estimate of drug-likeness (QED) is 0.759. The molecule has 1 amide bonds. The smallest absolute Gasteiger partial charge is 0.230 e. The summed E-state index contributed by atoms with van der Waals surface area (Å²) in [5, 5.41) is 6.59. The molecule has 138 valence electrons. The van der Waals surface area contributed by atoms with E-state index in [9.17, 15) is 9.18 Å². The van der Waals surface area contributed by atoms with Crippen LogP contribution in [0.2, 0.25) is 0 Å². The molecule has 7 heteroatoms. The minimum absolute atomic E-state index is 0.0174. The van der Waals surface area contributed by atoms with E-state index in [-0.39, 0.29) is 18.1 Å². The van der Waals surface area contributed by atoms with Crippen molar-refractivity contribution in [1.82, 2.24) is 5.16 Å². The Morgan fingerprint density at radius 1 is 1.11 bits per heavy atom. The second-order valence-corrected chi connectivity index (χ2v) is 6.23. The highest BCUT2D eigenvalue weighted by atomic mass is 19.1. The molecule has 27 heavy (non-hydrogen) atoms. The monoisotopic (exact) mass is 368 g/mol. The molecule has 0 saturated carbocycles. The van der Waals surface area contributed by atoms with E-state index in [0.717, 1.165) is 5.56 Å². The van der Waals surface area contributed by atoms with Crippen LogP contribution in [-0.2, 0) is 11.2 Å². The number of rotatable bonds is 4. The Balaban J connectivity index is 1.44. The number of nitrogens with one attached hydrogen (secondary N) is 1. The molecular weight excluding hydrogens is 351 g/mol. The van der Waals surface area contributed by atoms with Gasteiger partial charge in [-0.1, -0.05) is 11.2 Å². The van der Waals surface area contributed by atoms with E-state index in [0.29, 0.717) is 47.4 Å². The van der Waals surface area contributed by atoms with Crippen LogP contribution in [0.15, 0.2) is 47.0 Å². The molecule has 0 aliphatic carbocycles. The van der Waals surface area contributed by atoms with Crippen LogP contribution >= 0.6 is 0 Å². The summed E-state index contributed by atoms with van der Waals surface area (Å²) in [7, 11) is 0. The molecule has 0 unspecified atom stereocenters. The molecule has 0 fully saturated rings. The number of hydrogen-bond acceptors (Lipinski definition) is 5. The number of amides is 1. The molecular formula is C20H17FN2O4. The Labute approximate surface area is 154 Å². The summed E-state index contributed by atoms with van der Waals surface area (Å²) in [6.07, 6.45) is 0.0174. The van der Waals surface area contributed by atoms with E-state index in [4.69, 9.17) is 14.0 Å². The number of hydrogen-bond donors (Lipinski definition) is 1. The second kappa shape index (κ2) is 7.11. The molecule has 1 aromatic heterocycles. The second-order valence-electron chi connectivity index (χ2n) is 6.23. The highest BCUT2D eigenvalue weighted by molar-refractivity contribution is 5.92. The van der Waals surface area contributed by atoms with Crippen LogP contribution in [0.1, 0.15) is 11.3 Å². The molecule has 2 aromatic carbocycles. The van der Waals surface area contributed by atoms with Crippen LogP contribution in [0.5, 0.6) is 11.5 Å². The molecule has 3 aromatic rings. The van der Waals surface area contributed by atoms with Gasteiger partial charge in [0, 0.05) is 17.3 Å². The van der Waals surface area contributed by atoms with Crippen molar-refractivity contribution in [1.29, 1.82) is 0 Å². The zero-order valence-electron chi connectivity index (χ0n) is 14.6. The highest BCUT2D eigenvalue weighted by Gasteiger charge is 2.16. The Morgan fingerprint density at radius 2 is 1.93 bits per heavy atom. The molecule has 4 rings (SSSR count). The van der Waals surface area contributed by atoms with Gasteiger partial charge in [-0.2, -0.15) is 0 Å². The van der Waals surface area contributed by atoms with Crippen molar-refractivity contribution in [3.8, 4) is 22.8 Å². The number of fused-ring (bicyclic) bond motifs is 1. The Kier molecular flexibility index (Phi) is 4.50. The summed E-state index contributed by atoms with van der Waals surface area (Å²) in [5.74, 6) is 1.19. The van der Waals surface area contributed by atoms with E-state index < -0.39 is 0 Å². The number of aromatic nitrogens is 1. The molecule has 0 radical (unpaired) electrons. The first-order valence-electron chi connectivity index (χ1n) is 8.50. The molecule has 0 saturated heterocycles. The number of benzene rings is 2. The number of ether oxygens (including phenoxy) is 2. The van der Waals surface area contributed by atoms with Crippen LogP contribution < -0.4 is 14.8 Å². The number of halogens is 1. The number of carbonyl (C=O) groups is 1. The van der Waals surface area contributed by atoms with Crippen molar-refractivity contribution >= 4 is 11.6 Å². The number of anilines is 1. The van der Waals surface area contributed by atoms with Crippen LogP contribution in [-0.4, -0.2) is 24.3 Å². The minimum Gasteiger partial charge on any atom is -0.486 e. The van der Waals surface area contributed by atoms with Gasteiger partial charge in [-0.15, -0.1) is 0 Å². The maximum atomic E-state index is 13.6. The van der Waals surface area contributed by atoms with Gasteiger partial charge in [0.1, 0.15) is 19.0 Å². The van der Waals surface area contributed by atoms with Crippen molar-refractivity contribution < 1.29 is 23.2 Å². The van der Waals surface area contributed by atoms with Crippen molar-refractivity contribution in [2.24, 2.45) is 0 Å². The topological polar surface area (TPSA) is 73.6 Å². The van der Waals surface area contributed by atoms with Crippen LogP contribution in [0.4, 0.5) is 10.1 Å². The Morgan fingerprint density at radius 3 is 2.74 bits per heavy atom. The summed E-state index contributed by atoms with van der Waals surface area (Å²) in [6, 6.07) is 11.7. The van der Waals surface area contributed by atoms with Crippen molar-refractivity contribution in [2.75, 3.05) is 18.5 Å². The van der Waals surface area contributed by atoms with Crippen LogP contribution in [0.25, 0.3) is 11.3 Å². The zero-order chi connectivity index (χ0) is 18.8. The average molecular weight is 368 g/mol. The van der Waals surface area contributed by atoms with Crippen molar-refractivity contribution in [3.63, 3.8) is 0 Å². The van der Waals surface area contributed by atoms with Gasteiger partial charge in [-0.05, 0) is 42.8 Å². The van der Waals surface area contributed by atoms with Gasteiger partial charge in [-0.25, -0.2) is 4.39 Å². The van der Waals surface area contributed by atoms with Gasteiger partial charge in [0.15, 0.2) is 17.3 Å². The predicted octanol–water partition coefficient (Wildman–Crippen LogP) is 3.74. The van der Waals surface area contributed by atoms with Gasteiger partial charge in [0.25, 0.3) is 0 Å². The molecule has 0 bridgehead atoms. The van der Waals surface area contributed by atoms with Gasteiger partial charge >= 0.3 is 0 Å². The third kappa shape index (κ3) is 3.76.